The number of hydrogen-bond acceptors (Lipinski definition) is 3. The number of carbonyl (C=O) groups is 1. The number of H-pyrrole nitrogens is 1. The fourth-order valence-electron chi connectivity index (χ4n) is 4.43. The lowest BCUT2D eigenvalue weighted by Gasteiger charge is -2.32. The van der Waals surface area contributed by atoms with Crippen molar-refractivity contribution in [1.82, 2.24) is 14.5 Å². The summed E-state index contributed by atoms with van der Waals surface area (Å²) in [6.45, 7) is 8.47. The van der Waals surface area contributed by atoms with Gasteiger partial charge < -0.3 is 14.6 Å². The molecule has 2 aromatic carbocycles. The van der Waals surface area contributed by atoms with Crippen molar-refractivity contribution in [2.24, 2.45) is 0 Å². The number of nitrogens with one attached hydrogen (secondary N) is 1. The normalized spacial score (nSPS) is 15.3. The van der Waals surface area contributed by atoms with Crippen molar-refractivity contribution >= 4 is 16.9 Å². The third-order valence-electron chi connectivity index (χ3n) is 6.33. The Morgan fingerprint density at radius 2 is 1.75 bits per heavy atom. The molecule has 1 fully saturated rings. The number of nitrogens with zero attached hydrogens (tertiary/aromatic N) is 2. The van der Waals surface area contributed by atoms with Crippen LogP contribution in [0.25, 0.3) is 11.0 Å². The summed E-state index contributed by atoms with van der Waals surface area (Å²) in [5.41, 5.74) is 3.14. The Kier molecular flexibility index (Phi) is 6.40. The number of rotatable bonds is 6. The van der Waals surface area contributed by atoms with Crippen LogP contribution in [0.3, 0.4) is 0 Å². The minimum atomic E-state index is -0.0661. The van der Waals surface area contributed by atoms with Gasteiger partial charge in [0.05, 0.1) is 17.6 Å². The summed E-state index contributed by atoms with van der Waals surface area (Å²) in [6.07, 6.45) is 2.77. The molecule has 0 radical (unpaired) electrons. The number of aromatic nitrogens is 2. The molecule has 6 heteroatoms. The van der Waals surface area contributed by atoms with E-state index in [1.54, 1.807) is 0 Å². The van der Waals surface area contributed by atoms with Gasteiger partial charge in [-0.05, 0) is 54.5 Å². The van der Waals surface area contributed by atoms with Crippen LogP contribution in [0.1, 0.15) is 58.1 Å². The number of aromatic amines is 1. The first kappa shape index (κ1) is 22.2. The van der Waals surface area contributed by atoms with Gasteiger partial charge in [-0.15, -0.1) is 0 Å². The summed E-state index contributed by atoms with van der Waals surface area (Å²) < 4.78 is 7.68. The van der Waals surface area contributed by atoms with Crippen molar-refractivity contribution in [3.05, 3.63) is 64.6 Å². The standard InChI is InChI=1S/C26H33N3O3/c1-26(2,3)19-10-12-21(13-11-19)32-18-6-9-24(30)28-16-14-20(15-17-28)29-23-8-5-4-7-22(23)27-25(29)31/h4-5,7-8,10-13,20H,6,9,14-18H2,1-3H3,(H,27,31). The highest BCUT2D eigenvalue weighted by Crippen LogP contribution is 2.26. The number of carbonyl (C=O) groups excluding carboxylic acids is 1. The number of fused-ring (bicyclic) bond motifs is 1. The molecule has 2 heterocycles. The minimum Gasteiger partial charge on any atom is -0.494 e. The number of hydrogen-bond donors (Lipinski definition) is 1. The van der Waals surface area contributed by atoms with Gasteiger partial charge in [-0.2, -0.15) is 0 Å². The summed E-state index contributed by atoms with van der Waals surface area (Å²) in [5.74, 6) is 1.01. The maximum absolute atomic E-state index is 12.6. The van der Waals surface area contributed by atoms with Gasteiger partial charge in [0.2, 0.25) is 5.91 Å². The molecule has 1 aromatic heterocycles. The maximum Gasteiger partial charge on any atom is 0.326 e. The summed E-state index contributed by atoms with van der Waals surface area (Å²) >= 11 is 0. The van der Waals surface area contributed by atoms with Crippen molar-refractivity contribution in [2.75, 3.05) is 19.7 Å². The minimum absolute atomic E-state index is 0.0661. The van der Waals surface area contributed by atoms with Crippen LogP contribution in [0.5, 0.6) is 5.75 Å². The predicted octanol–water partition coefficient (Wildman–Crippen LogP) is 4.65. The van der Waals surface area contributed by atoms with Gasteiger partial charge in [-0.1, -0.05) is 45.0 Å². The zero-order chi connectivity index (χ0) is 22.7. The van der Waals surface area contributed by atoms with E-state index in [9.17, 15) is 9.59 Å². The summed E-state index contributed by atoms with van der Waals surface area (Å²) in [4.78, 5) is 29.9. The van der Waals surface area contributed by atoms with Crippen molar-refractivity contribution in [3.63, 3.8) is 0 Å². The molecule has 0 spiro atoms. The van der Waals surface area contributed by atoms with Gasteiger partial charge in [0, 0.05) is 25.6 Å². The Morgan fingerprint density at radius 3 is 2.44 bits per heavy atom. The second-order valence-corrected chi connectivity index (χ2v) is 9.66. The van der Waals surface area contributed by atoms with Crippen molar-refractivity contribution in [1.29, 1.82) is 0 Å². The second-order valence-electron chi connectivity index (χ2n) is 9.66. The molecule has 0 saturated carbocycles. The first-order chi connectivity index (χ1) is 15.3. The molecule has 0 bridgehead atoms. The molecular weight excluding hydrogens is 402 g/mol. The highest BCUT2D eigenvalue weighted by atomic mass is 16.5. The molecule has 4 rings (SSSR count). The largest absolute Gasteiger partial charge is 0.494 e. The monoisotopic (exact) mass is 435 g/mol. The van der Waals surface area contributed by atoms with E-state index in [4.69, 9.17) is 4.74 Å². The molecular formula is C26H33N3O3. The van der Waals surface area contributed by atoms with Crippen LogP contribution in [0.4, 0.5) is 0 Å². The lowest BCUT2D eigenvalue weighted by atomic mass is 9.87. The van der Waals surface area contributed by atoms with Crippen LogP contribution in [-0.2, 0) is 10.2 Å². The number of para-hydroxylation sites is 2. The highest BCUT2D eigenvalue weighted by Gasteiger charge is 2.25. The van der Waals surface area contributed by atoms with Crippen LogP contribution < -0.4 is 10.4 Å². The molecule has 0 aliphatic carbocycles. The Hall–Kier alpha value is -3.02. The van der Waals surface area contributed by atoms with Gasteiger partial charge in [0.25, 0.3) is 0 Å². The molecule has 1 amide bonds. The predicted molar refractivity (Wildman–Crippen MR) is 127 cm³/mol. The third-order valence-corrected chi connectivity index (χ3v) is 6.33. The van der Waals surface area contributed by atoms with Crippen LogP contribution in [0, 0.1) is 0 Å². The molecule has 6 nitrogen and oxygen atoms in total. The SMILES string of the molecule is CC(C)(C)c1ccc(OCCCC(=O)N2CCC(n3c(=O)[nH]c4ccccc43)CC2)cc1. The zero-order valence-electron chi connectivity index (χ0n) is 19.3. The number of likely N-dealkylation sites (tertiary alicyclic amines) is 1. The van der Waals surface area contributed by atoms with Gasteiger partial charge in [-0.3, -0.25) is 9.36 Å². The van der Waals surface area contributed by atoms with E-state index in [2.05, 4.69) is 37.9 Å². The lowest BCUT2D eigenvalue weighted by Crippen LogP contribution is -2.40. The molecule has 3 aromatic rings. The van der Waals surface area contributed by atoms with E-state index in [1.165, 1.54) is 5.56 Å². The molecule has 1 aliphatic rings. The smallest absolute Gasteiger partial charge is 0.326 e. The Labute approximate surface area is 189 Å². The highest BCUT2D eigenvalue weighted by molar-refractivity contribution is 5.76. The lowest BCUT2D eigenvalue weighted by molar-refractivity contribution is -0.132. The Morgan fingerprint density at radius 1 is 1.06 bits per heavy atom. The Balaban J connectivity index is 1.23. The van der Waals surface area contributed by atoms with Gasteiger partial charge in [0.15, 0.2) is 0 Å². The summed E-state index contributed by atoms with van der Waals surface area (Å²) in [7, 11) is 0. The van der Waals surface area contributed by atoms with Crippen molar-refractivity contribution in [3.8, 4) is 5.75 Å². The number of benzene rings is 2. The van der Waals surface area contributed by atoms with Crippen LogP contribution in [0.2, 0.25) is 0 Å². The zero-order valence-corrected chi connectivity index (χ0v) is 19.3. The van der Waals surface area contributed by atoms with E-state index in [0.29, 0.717) is 32.5 Å². The first-order valence-corrected chi connectivity index (χ1v) is 11.5. The molecule has 0 unspecified atom stereocenters. The number of ether oxygens (including phenoxy) is 1. The third kappa shape index (κ3) is 4.90. The van der Waals surface area contributed by atoms with E-state index in [1.807, 2.05) is 45.9 Å². The number of piperidine rings is 1. The maximum atomic E-state index is 12.6. The van der Waals surface area contributed by atoms with E-state index < -0.39 is 0 Å². The summed E-state index contributed by atoms with van der Waals surface area (Å²) in [6, 6.07) is 16.1. The molecule has 170 valence electrons. The fraction of sp³-hybridized carbons (Fsp3) is 0.462. The van der Waals surface area contributed by atoms with E-state index >= 15 is 0 Å². The van der Waals surface area contributed by atoms with Crippen LogP contribution in [-0.4, -0.2) is 40.1 Å². The number of amides is 1. The van der Waals surface area contributed by atoms with Crippen LogP contribution in [0.15, 0.2) is 53.3 Å². The topological polar surface area (TPSA) is 67.3 Å². The first-order valence-electron chi connectivity index (χ1n) is 11.5. The fourth-order valence-corrected chi connectivity index (χ4v) is 4.43. The van der Waals surface area contributed by atoms with E-state index in [-0.39, 0.29) is 23.1 Å². The molecule has 32 heavy (non-hydrogen) atoms. The number of imidazole rings is 1. The van der Waals surface area contributed by atoms with E-state index in [0.717, 1.165) is 29.6 Å². The summed E-state index contributed by atoms with van der Waals surface area (Å²) in [5, 5.41) is 0. The molecule has 0 atom stereocenters. The van der Waals surface area contributed by atoms with Crippen molar-refractivity contribution < 1.29 is 9.53 Å². The van der Waals surface area contributed by atoms with Gasteiger partial charge >= 0.3 is 5.69 Å². The molecule has 1 saturated heterocycles. The Bertz CT molecular complexity index is 1110. The van der Waals surface area contributed by atoms with Gasteiger partial charge in [0.1, 0.15) is 5.75 Å². The average molecular weight is 436 g/mol. The molecule has 1 N–H and O–H groups in total. The quantitative estimate of drug-likeness (QED) is 0.573. The van der Waals surface area contributed by atoms with Crippen LogP contribution >= 0.6 is 0 Å². The second kappa shape index (κ2) is 9.23. The van der Waals surface area contributed by atoms with Gasteiger partial charge in [-0.25, -0.2) is 4.79 Å². The molecule has 1 aliphatic heterocycles. The average Bonchev–Trinajstić information content (AvgIpc) is 3.12. The van der Waals surface area contributed by atoms with Crippen molar-refractivity contribution in [2.45, 2.75) is 57.9 Å².